The van der Waals surface area contributed by atoms with Crippen molar-refractivity contribution >= 4 is 22.3 Å². The molecular formula is C16H14N2O2S. The number of ketones is 1. The predicted octanol–water partition coefficient (Wildman–Crippen LogP) is 3.70. The summed E-state index contributed by atoms with van der Waals surface area (Å²) in [6.45, 7) is 0. The number of hydrogen-bond donors (Lipinski definition) is 0. The summed E-state index contributed by atoms with van der Waals surface area (Å²) in [7, 11) is 3.82. The maximum Gasteiger partial charge on any atom is 0.240 e. The first-order valence-electron chi connectivity index (χ1n) is 6.48. The van der Waals surface area contributed by atoms with Crippen LogP contribution in [-0.2, 0) is 0 Å². The minimum absolute atomic E-state index is 0.135. The van der Waals surface area contributed by atoms with Crippen LogP contribution in [0.1, 0.15) is 15.4 Å². The van der Waals surface area contributed by atoms with Crippen LogP contribution in [0.15, 0.2) is 53.1 Å². The first-order chi connectivity index (χ1) is 10.2. The lowest BCUT2D eigenvalue weighted by molar-refractivity contribution is 0.101. The van der Waals surface area contributed by atoms with Crippen molar-refractivity contribution in [1.29, 1.82) is 0 Å². The van der Waals surface area contributed by atoms with Crippen molar-refractivity contribution in [2.24, 2.45) is 0 Å². The molecule has 0 aliphatic heterocycles. The van der Waals surface area contributed by atoms with Gasteiger partial charge >= 0.3 is 0 Å². The van der Waals surface area contributed by atoms with E-state index >= 15 is 0 Å². The largest absolute Gasteiger partial charge is 0.461 e. The van der Waals surface area contributed by atoms with E-state index in [2.05, 4.69) is 4.98 Å². The Morgan fingerprint density at radius 3 is 2.52 bits per heavy atom. The summed E-state index contributed by atoms with van der Waals surface area (Å²) in [4.78, 5) is 19.7. The van der Waals surface area contributed by atoms with Crippen LogP contribution in [0.5, 0.6) is 0 Å². The summed E-state index contributed by atoms with van der Waals surface area (Å²) in [5.41, 5.74) is 1.63. The van der Waals surface area contributed by atoms with Gasteiger partial charge in [0.15, 0.2) is 10.9 Å². The Morgan fingerprint density at radius 2 is 1.90 bits per heavy atom. The van der Waals surface area contributed by atoms with E-state index in [1.165, 1.54) is 17.6 Å². The van der Waals surface area contributed by atoms with Gasteiger partial charge in [0, 0.05) is 19.7 Å². The summed E-state index contributed by atoms with van der Waals surface area (Å²) in [6, 6.07) is 13.1. The Kier molecular flexibility index (Phi) is 3.58. The number of nitrogens with zero attached hydrogens (tertiary/aromatic N) is 2. The number of thiazole rings is 1. The summed E-state index contributed by atoms with van der Waals surface area (Å²) in [5.74, 6) is 0.200. The first-order valence-corrected chi connectivity index (χ1v) is 7.30. The molecular weight excluding hydrogens is 284 g/mol. The van der Waals surface area contributed by atoms with Crippen LogP contribution >= 0.6 is 11.3 Å². The van der Waals surface area contributed by atoms with E-state index in [1.807, 2.05) is 49.3 Å². The molecule has 0 amide bonds. The van der Waals surface area contributed by atoms with E-state index in [1.54, 1.807) is 12.1 Å². The summed E-state index contributed by atoms with van der Waals surface area (Å²) >= 11 is 1.37. The molecule has 106 valence electrons. The van der Waals surface area contributed by atoms with Crippen molar-refractivity contribution in [3.63, 3.8) is 0 Å². The maximum atomic E-state index is 12.6. The number of benzene rings is 1. The van der Waals surface area contributed by atoms with Crippen LogP contribution in [0.4, 0.5) is 5.13 Å². The molecule has 21 heavy (non-hydrogen) atoms. The fourth-order valence-corrected chi connectivity index (χ4v) is 2.92. The number of carbonyl (C=O) groups is 1. The van der Waals surface area contributed by atoms with Gasteiger partial charge in [-0.1, -0.05) is 41.7 Å². The SMILES string of the molecule is CN(C)c1nc(-c2ccccc2)c(C(=O)c2ccco2)s1. The zero-order chi connectivity index (χ0) is 14.8. The molecule has 0 aliphatic rings. The van der Waals surface area contributed by atoms with Gasteiger partial charge < -0.3 is 9.32 Å². The quantitative estimate of drug-likeness (QED) is 0.689. The lowest BCUT2D eigenvalue weighted by atomic mass is 10.1. The van der Waals surface area contributed by atoms with Crippen LogP contribution in [0.3, 0.4) is 0 Å². The molecule has 1 aromatic carbocycles. The molecule has 0 fully saturated rings. The van der Waals surface area contributed by atoms with Gasteiger partial charge in [0.05, 0.1) is 12.0 Å². The molecule has 0 bridgehead atoms. The highest BCUT2D eigenvalue weighted by Crippen LogP contribution is 2.33. The van der Waals surface area contributed by atoms with Gasteiger partial charge in [0.1, 0.15) is 4.88 Å². The van der Waals surface area contributed by atoms with Crippen LogP contribution in [0, 0.1) is 0 Å². The third kappa shape index (κ3) is 2.60. The zero-order valence-electron chi connectivity index (χ0n) is 11.7. The van der Waals surface area contributed by atoms with Crippen molar-refractivity contribution < 1.29 is 9.21 Å². The van der Waals surface area contributed by atoms with Gasteiger partial charge in [-0.05, 0) is 12.1 Å². The molecule has 5 heteroatoms. The summed E-state index contributed by atoms with van der Waals surface area (Å²) in [6.07, 6.45) is 1.50. The highest BCUT2D eigenvalue weighted by atomic mass is 32.1. The molecule has 2 aromatic heterocycles. The first kappa shape index (κ1) is 13.6. The number of furan rings is 1. The maximum absolute atomic E-state index is 12.6. The number of rotatable bonds is 4. The third-order valence-corrected chi connectivity index (χ3v) is 4.22. The van der Waals surface area contributed by atoms with Crippen molar-refractivity contribution in [2.75, 3.05) is 19.0 Å². The third-order valence-electron chi connectivity index (χ3n) is 3.00. The summed E-state index contributed by atoms with van der Waals surface area (Å²) in [5, 5.41) is 0.795. The van der Waals surface area contributed by atoms with E-state index in [-0.39, 0.29) is 5.78 Å². The fraction of sp³-hybridized carbons (Fsp3) is 0.125. The molecule has 0 radical (unpaired) electrons. The van der Waals surface area contributed by atoms with Crippen molar-refractivity contribution in [1.82, 2.24) is 4.98 Å². The normalized spacial score (nSPS) is 10.6. The van der Waals surface area contributed by atoms with Gasteiger partial charge in [-0.2, -0.15) is 0 Å². The highest BCUT2D eigenvalue weighted by Gasteiger charge is 2.23. The van der Waals surface area contributed by atoms with Crippen LogP contribution < -0.4 is 4.90 Å². The number of hydrogen-bond acceptors (Lipinski definition) is 5. The lowest BCUT2D eigenvalue weighted by Crippen LogP contribution is -2.07. The summed E-state index contributed by atoms with van der Waals surface area (Å²) < 4.78 is 5.23. The average Bonchev–Trinajstić information content (AvgIpc) is 3.17. The van der Waals surface area contributed by atoms with Gasteiger partial charge in [-0.25, -0.2) is 4.98 Å². The van der Waals surface area contributed by atoms with Crippen LogP contribution in [-0.4, -0.2) is 24.9 Å². The van der Waals surface area contributed by atoms with E-state index < -0.39 is 0 Å². The van der Waals surface area contributed by atoms with Crippen LogP contribution in [0.25, 0.3) is 11.3 Å². The Bertz CT molecular complexity index is 746. The second-order valence-corrected chi connectivity index (χ2v) is 5.72. The van der Waals surface area contributed by atoms with Crippen molar-refractivity contribution in [3.8, 4) is 11.3 Å². The van der Waals surface area contributed by atoms with Gasteiger partial charge in [0.25, 0.3) is 0 Å². The molecule has 0 saturated heterocycles. The molecule has 0 aliphatic carbocycles. The molecule has 0 unspecified atom stereocenters. The molecule has 2 heterocycles. The van der Waals surface area contributed by atoms with E-state index in [0.29, 0.717) is 16.3 Å². The Hall–Kier alpha value is -2.40. The molecule has 0 saturated carbocycles. The second kappa shape index (κ2) is 5.54. The van der Waals surface area contributed by atoms with Crippen molar-refractivity contribution in [3.05, 3.63) is 59.4 Å². The topological polar surface area (TPSA) is 46.3 Å². The van der Waals surface area contributed by atoms with Crippen LogP contribution in [0.2, 0.25) is 0 Å². The Morgan fingerprint density at radius 1 is 1.14 bits per heavy atom. The molecule has 3 rings (SSSR count). The van der Waals surface area contributed by atoms with Gasteiger partial charge in [-0.15, -0.1) is 0 Å². The zero-order valence-corrected chi connectivity index (χ0v) is 12.6. The Balaban J connectivity index is 2.13. The lowest BCUT2D eigenvalue weighted by Gasteiger charge is -2.05. The number of carbonyl (C=O) groups excluding carboxylic acids is 1. The second-order valence-electron chi connectivity index (χ2n) is 4.74. The number of aromatic nitrogens is 1. The van der Waals surface area contributed by atoms with E-state index in [0.717, 1.165) is 10.7 Å². The molecule has 0 N–H and O–H groups in total. The fourth-order valence-electron chi connectivity index (χ4n) is 1.97. The smallest absolute Gasteiger partial charge is 0.240 e. The monoisotopic (exact) mass is 298 g/mol. The molecule has 0 spiro atoms. The average molecular weight is 298 g/mol. The molecule has 0 atom stereocenters. The minimum atomic E-state index is -0.135. The van der Waals surface area contributed by atoms with Gasteiger partial charge in [-0.3, -0.25) is 4.79 Å². The minimum Gasteiger partial charge on any atom is -0.461 e. The predicted molar refractivity (Wildman–Crippen MR) is 84.0 cm³/mol. The van der Waals surface area contributed by atoms with Crippen molar-refractivity contribution in [2.45, 2.75) is 0 Å². The standard InChI is InChI=1S/C16H14N2O2S/c1-18(2)16-17-13(11-7-4-3-5-8-11)15(21-16)14(19)12-9-6-10-20-12/h3-10H,1-2H3. The Labute approximate surface area is 126 Å². The molecule has 4 nitrogen and oxygen atoms in total. The number of anilines is 1. The molecule has 3 aromatic rings. The highest BCUT2D eigenvalue weighted by molar-refractivity contribution is 7.18. The van der Waals surface area contributed by atoms with E-state index in [9.17, 15) is 4.79 Å². The van der Waals surface area contributed by atoms with E-state index in [4.69, 9.17) is 4.42 Å². The van der Waals surface area contributed by atoms with Gasteiger partial charge in [0.2, 0.25) is 5.78 Å².